The zero-order valence-corrected chi connectivity index (χ0v) is 21.8. The third kappa shape index (κ3) is 4.39. The molecule has 3 aromatic rings. The molecule has 3 aliphatic heterocycles. The zero-order chi connectivity index (χ0) is 27.4. The molecule has 12 nitrogen and oxygen atoms in total. The van der Waals surface area contributed by atoms with Crippen LogP contribution in [0.4, 0.5) is 0 Å². The number of piperidine rings is 2. The first kappa shape index (κ1) is 25.3. The first-order valence-electron chi connectivity index (χ1n) is 13.0. The number of carbonyl (C=O) groups excluding carboxylic acids is 3. The Kier molecular flexibility index (Phi) is 6.03. The van der Waals surface area contributed by atoms with Gasteiger partial charge in [-0.2, -0.15) is 4.98 Å². The largest absolute Gasteiger partial charge is 0.383 e. The van der Waals surface area contributed by atoms with Gasteiger partial charge in [-0.25, -0.2) is 0 Å². The average molecular weight is 532 g/mol. The normalized spacial score (nSPS) is 25.1. The summed E-state index contributed by atoms with van der Waals surface area (Å²) in [5.41, 5.74) is 1.42. The van der Waals surface area contributed by atoms with Crippen LogP contribution in [0.1, 0.15) is 60.4 Å². The summed E-state index contributed by atoms with van der Waals surface area (Å²) in [7, 11) is 0. The van der Waals surface area contributed by atoms with E-state index >= 15 is 0 Å². The van der Waals surface area contributed by atoms with Crippen LogP contribution in [0.5, 0.6) is 0 Å². The Morgan fingerprint density at radius 3 is 2.69 bits per heavy atom. The Morgan fingerprint density at radius 2 is 2.00 bits per heavy atom. The van der Waals surface area contributed by atoms with Crippen LogP contribution in [0, 0.1) is 5.41 Å². The molecule has 6 rings (SSSR count). The maximum Gasteiger partial charge on any atom is 0.256 e. The van der Waals surface area contributed by atoms with Crippen molar-refractivity contribution in [1.82, 2.24) is 35.2 Å². The molecule has 0 aromatic carbocycles. The topological polar surface area (TPSA) is 155 Å². The second-order valence-electron chi connectivity index (χ2n) is 11.1. The fourth-order valence-electron chi connectivity index (χ4n) is 5.89. The first-order valence-corrected chi connectivity index (χ1v) is 13.0. The van der Waals surface area contributed by atoms with E-state index in [9.17, 15) is 19.5 Å². The highest BCUT2D eigenvalue weighted by atomic mass is 16.5. The van der Waals surface area contributed by atoms with Crippen molar-refractivity contribution >= 4 is 17.7 Å². The molecule has 0 saturated carbocycles. The number of hydrogen-bond acceptors (Lipinski definition) is 10. The van der Waals surface area contributed by atoms with Crippen molar-refractivity contribution in [2.24, 2.45) is 5.41 Å². The molecule has 0 aliphatic carbocycles. The lowest BCUT2D eigenvalue weighted by Gasteiger charge is -2.50. The monoisotopic (exact) mass is 531 g/mol. The van der Waals surface area contributed by atoms with Gasteiger partial charge in [0.05, 0.1) is 23.5 Å². The van der Waals surface area contributed by atoms with Crippen LogP contribution in [0.25, 0.3) is 11.5 Å². The molecule has 12 heteroatoms. The van der Waals surface area contributed by atoms with Crippen LogP contribution in [-0.2, 0) is 28.3 Å². The Hall–Kier alpha value is -4.03. The lowest BCUT2D eigenvalue weighted by molar-refractivity contribution is -0.137. The van der Waals surface area contributed by atoms with Crippen LogP contribution in [-0.4, -0.2) is 71.9 Å². The number of nitrogens with zero attached hydrogens (tertiary/aromatic N) is 6. The summed E-state index contributed by atoms with van der Waals surface area (Å²) in [5, 5.41) is 18.1. The summed E-state index contributed by atoms with van der Waals surface area (Å²) < 4.78 is 4.79. The second-order valence-corrected chi connectivity index (χ2v) is 11.1. The predicted octanol–water partition coefficient (Wildman–Crippen LogP) is 1.41. The number of imide groups is 1. The predicted molar refractivity (Wildman–Crippen MR) is 135 cm³/mol. The van der Waals surface area contributed by atoms with Crippen molar-refractivity contribution in [2.45, 2.75) is 57.8 Å². The molecule has 3 aliphatic rings. The van der Waals surface area contributed by atoms with E-state index in [1.807, 2.05) is 26.0 Å². The van der Waals surface area contributed by atoms with Crippen LogP contribution >= 0.6 is 0 Å². The van der Waals surface area contributed by atoms with Crippen molar-refractivity contribution in [2.75, 3.05) is 13.1 Å². The summed E-state index contributed by atoms with van der Waals surface area (Å²) in [4.78, 5) is 53.9. The number of likely N-dealkylation sites (tertiary alicyclic amines) is 1. The molecule has 2 atom stereocenters. The van der Waals surface area contributed by atoms with Crippen molar-refractivity contribution in [3.05, 3.63) is 59.4 Å². The number of aliphatic hydroxyl groups is 1. The van der Waals surface area contributed by atoms with E-state index < -0.39 is 23.0 Å². The summed E-state index contributed by atoms with van der Waals surface area (Å²) in [6.07, 6.45) is 4.01. The Balaban J connectivity index is 1.16. The van der Waals surface area contributed by atoms with Gasteiger partial charge in [0, 0.05) is 37.7 Å². The van der Waals surface area contributed by atoms with Crippen molar-refractivity contribution < 1.29 is 24.0 Å². The Morgan fingerprint density at radius 1 is 1.15 bits per heavy atom. The van der Waals surface area contributed by atoms with Crippen LogP contribution in [0.15, 0.2) is 41.4 Å². The smallest absolute Gasteiger partial charge is 0.256 e. The number of aromatic nitrogens is 4. The minimum Gasteiger partial charge on any atom is -0.383 e. The third-order valence-corrected chi connectivity index (χ3v) is 8.15. The van der Waals surface area contributed by atoms with E-state index in [1.165, 1.54) is 11.3 Å². The highest BCUT2D eigenvalue weighted by Crippen LogP contribution is 2.46. The van der Waals surface area contributed by atoms with E-state index in [0.717, 1.165) is 5.56 Å². The minimum atomic E-state index is -1.20. The van der Waals surface area contributed by atoms with E-state index in [1.54, 1.807) is 18.3 Å². The van der Waals surface area contributed by atoms with Gasteiger partial charge in [-0.1, -0.05) is 25.1 Å². The molecule has 6 heterocycles. The zero-order valence-electron chi connectivity index (χ0n) is 21.8. The highest BCUT2D eigenvalue weighted by Gasteiger charge is 2.50. The number of pyridine rings is 2. The Labute approximate surface area is 224 Å². The fourth-order valence-corrected chi connectivity index (χ4v) is 5.89. The molecule has 3 amide bonds. The fraction of sp³-hybridized carbons (Fsp3) is 0.444. The van der Waals surface area contributed by atoms with Gasteiger partial charge in [0.15, 0.2) is 0 Å². The second kappa shape index (κ2) is 9.31. The van der Waals surface area contributed by atoms with Gasteiger partial charge in [0.25, 0.3) is 5.91 Å². The van der Waals surface area contributed by atoms with E-state index in [2.05, 4.69) is 25.3 Å². The third-order valence-electron chi connectivity index (χ3n) is 8.15. The molecule has 1 unspecified atom stereocenters. The van der Waals surface area contributed by atoms with Gasteiger partial charge in [0.2, 0.25) is 24.0 Å². The summed E-state index contributed by atoms with van der Waals surface area (Å²) in [5.74, 6) is -0.624. The molecular formula is C27H29N7O5. The van der Waals surface area contributed by atoms with E-state index in [0.29, 0.717) is 60.9 Å². The summed E-state index contributed by atoms with van der Waals surface area (Å²) >= 11 is 0. The molecule has 202 valence electrons. The summed E-state index contributed by atoms with van der Waals surface area (Å²) in [6, 6.07) is 6.57. The van der Waals surface area contributed by atoms with Gasteiger partial charge in [-0.15, -0.1) is 0 Å². The minimum absolute atomic E-state index is 0.170. The SMILES string of the molecule is CC1(C)CN(Cc2ccc(-c3ncon3)nc2)CC[C@]1(O)c1ccc2c(n1)CN(C1CCC(=O)NC1=O)C2=O. The van der Waals surface area contributed by atoms with Gasteiger partial charge < -0.3 is 14.5 Å². The quantitative estimate of drug-likeness (QED) is 0.462. The molecular weight excluding hydrogens is 502 g/mol. The van der Waals surface area contributed by atoms with Gasteiger partial charge in [0.1, 0.15) is 17.3 Å². The number of fused-ring (bicyclic) bond motifs is 1. The number of carbonyl (C=O) groups is 3. The average Bonchev–Trinajstić information content (AvgIpc) is 3.55. The van der Waals surface area contributed by atoms with E-state index in [4.69, 9.17) is 9.51 Å². The van der Waals surface area contributed by atoms with Crippen LogP contribution < -0.4 is 5.32 Å². The molecule has 39 heavy (non-hydrogen) atoms. The van der Waals surface area contributed by atoms with Crippen molar-refractivity contribution in [3.63, 3.8) is 0 Å². The molecule has 0 radical (unpaired) electrons. The number of rotatable bonds is 5. The molecule has 0 bridgehead atoms. The summed E-state index contributed by atoms with van der Waals surface area (Å²) in [6.45, 7) is 6.15. The number of amides is 3. The number of nitrogens with one attached hydrogen (secondary N) is 1. The lowest BCUT2D eigenvalue weighted by Crippen LogP contribution is -2.55. The molecule has 3 aromatic heterocycles. The van der Waals surface area contributed by atoms with Gasteiger partial charge in [-0.05, 0) is 36.6 Å². The molecule has 2 N–H and O–H groups in total. The van der Waals surface area contributed by atoms with Crippen LogP contribution in [0.3, 0.4) is 0 Å². The molecule has 2 fully saturated rings. The standard InChI is InChI=1S/C27H29N7O5/c1-26(2)14-33(12-16-3-5-18(28-11-16)23-29-15-39-32-23)10-9-27(26,38)21-7-4-17-19(30-21)13-34(25(17)37)20-6-8-22(35)31-24(20)36/h3-5,7,11,15,20,38H,6,8-10,12-14H2,1-2H3,(H,31,35,36)/t20?,27-/m0/s1. The Bertz CT molecular complexity index is 1440. The number of hydrogen-bond donors (Lipinski definition) is 2. The van der Waals surface area contributed by atoms with E-state index in [-0.39, 0.29) is 24.8 Å². The first-order chi connectivity index (χ1) is 18.6. The van der Waals surface area contributed by atoms with Gasteiger partial charge in [-0.3, -0.25) is 34.6 Å². The maximum absolute atomic E-state index is 13.1. The molecule has 2 saturated heterocycles. The highest BCUT2D eigenvalue weighted by molar-refractivity contribution is 6.05. The van der Waals surface area contributed by atoms with Crippen molar-refractivity contribution in [1.29, 1.82) is 0 Å². The maximum atomic E-state index is 13.1. The van der Waals surface area contributed by atoms with Crippen LogP contribution in [0.2, 0.25) is 0 Å². The van der Waals surface area contributed by atoms with Crippen molar-refractivity contribution in [3.8, 4) is 11.5 Å². The molecule has 0 spiro atoms. The van der Waals surface area contributed by atoms with Gasteiger partial charge >= 0.3 is 0 Å². The lowest BCUT2D eigenvalue weighted by atomic mass is 9.68.